The van der Waals surface area contributed by atoms with Crippen LogP contribution in [0.15, 0.2) is 63.2 Å². The molecule has 8 heterocycles. The number of nitrogens with one attached hydrogen (secondary N) is 1. The van der Waals surface area contributed by atoms with Crippen molar-refractivity contribution >= 4 is 68.9 Å². The standard InChI is InChI=1S/C15H18ClN3O.C9H15N3O.C6H4BrCl.ClH/c16-12-2-1-3-13(8-12)17-14-9-15(20-18-14)10-19-6-4-11(15)5-7-19;10-8-5-9(13-11-8)6-12-3-1-7(9)2-4-12;7-5-2-1-3-6(8)4-5;/h1-3,8,11H,4-7,9-10H2,(H,17,18);7H,1-6H2,(H2,10,11);1-4H;1H/t15-;9-;;/m00../s1. The van der Waals surface area contributed by atoms with Gasteiger partial charge in [0.05, 0.1) is 12.1 Å². The molecule has 7 fully saturated rings. The molecule has 4 bridgehead atoms. The summed E-state index contributed by atoms with van der Waals surface area (Å²) in [5.41, 5.74) is 9.50. The van der Waals surface area contributed by atoms with E-state index in [2.05, 4.69) is 41.4 Å². The highest BCUT2D eigenvalue weighted by molar-refractivity contribution is 9.10. The number of fused-ring (bicyclic) bond motifs is 4. The number of rotatable bonds is 1. The van der Waals surface area contributed by atoms with Gasteiger partial charge in [-0.05, 0) is 94.2 Å². The van der Waals surface area contributed by atoms with Crippen LogP contribution in [-0.4, -0.2) is 71.9 Å². The number of piperidine rings is 6. The summed E-state index contributed by atoms with van der Waals surface area (Å²) in [5.74, 6) is 2.93. The Morgan fingerprint density at radius 1 is 0.881 bits per heavy atom. The third-order valence-electron chi connectivity index (χ3n) is 9.17. The number of oxime groups is 1. The fourth-order valence-electron chi connectivity index (χ4n) is 7.13. The predicted octanol–water partition coefficient (Wildman–Crippen LogP) is 6.43. The van der Waals surface area contributed by atoms with Crippen LogP contribution in [0.4, 0.5) is 5.69 Å². The van der Waals surface area contributed by atoms with E-state index in [0.29, 0.717) is 22.7 Å². The number of hydrogen-bond donors (Lipinski definition) is 2. The average Bonchev–Trinajstić information content (AvgIpc) is 3.52. The molecular weight excluding hydrogens is 663 g/mol. The van der Waals surface area contributed by atoms with Crippen molar-refractivity contribution in [3.8, 4) is 0 Å². The number of benzene rings is 2. The van der Waals surface area contributed by atoms with Crippen LogP contribution in [0.5, 0.6) is 0 Å². The molecule has 8 nitrogen and oxygen atoms in total. The first-order valence-electron chi connectivity index (χ1n) is 14.4. The van der Waals surface area contributed by atoms with Gasteiger partial charge < -0.3 is 15.5 Å². The van der Waals surface area contributed by atoms with E-state index in [-0.39, 0.29) is 23.6 Å². The topological polar surface area (TPSA) is 87.7 Å². The monoisotopic (exact) mass is 698 g/mol. The molecule has 0 radical (unpaired) electrons. The number of hydroxylamine groups is 1. The van der Waals surface area contributed by atoms with Gasteiger partial charge in [-0.2, -0.15) is 0 Å². The molecule has 228 valence electrons. The molecule has 2 aromatic carbocycles. The van der Waals surface area contributed by atoms with Gasteiger partial charge in [-0.3, -0.25) is 15.2 Å². The Kier molecular flexibility index (Phi) is 10.3. The van der Waals surface area contributed by atoms with Gasteiger partial charge in [-0.25, -0.2) is 4.99 Å². The van der Waals surface area contributed by atoms with Gasteiger partial charge in [0.25, 0.3) is 0 Å². The van der Waals surface area contributed by atoms with E-state index in [0.717, 1.165) is 46.9 Å². The Hall–Kier alpha value is -1.59. The van der Waals surface area contributed by atoms with Crippen molar-refractivity contribution in [1.82, 2.24) is 15.3 Å². The van der Waals surface area contributed by atoms with Crippen LogP contribution in [0.25, 0.3) is 0 Å². The van der Waals surface area contributed by atoms with Gasteiger partial charge in [0.2, 0.25) is 0 Å². The van der Waals surface area contributed by atoms with Gasteiger partial charge in [-0.15, -0.1) is 12.4 Å². The first-order chi connectivity index (χ1) is 19.8. The number of hydrogen-bond acceptors (Lipinski definition) is 7. The highest BCUT2D eigenvalue weighted by Gasteiger charge is 2.53. The lowest BCUT2D eigenvalue weighted by atomic mass is 9.74. The van der Waals surface area contributed by atoms with Gasteiger partial charge in [0.1, 0.15) is 17.3 Å². The minimum absolute atomic E-state index is 0. The molecule has 12 heteroatoms. The fourth-order valence-corrected chi connectivity index (χ4v) is 8.04. The Balaban J connectivity index is 0.000000138. The zero-order valence-corrected chi connectivity index (χ0v) is 27.4. The summed E-state index contributed by atoms with van der Waals surface area (Å²) >= 11 is 14.9. The first kappa shape index (κ1) is 31.8. The predicted molar refractivity (Wildman–Crippen MR) is 175 cm³/mol. The van der Waals surface area contributed by atoms with E-state index in [9.17, 15) is 0 Å². The van der Waals surface area contributed by atoms with E-state index >= 15 is 0 Å². The second-order valence-electron chi connectivity index (χ2n) is 11.9. The third kappa shape index (κ3) is 7.20. The van der Waals surface area contributed by atoms with E-state index in [1.807, 2.05) is 48.5 Å². The number of nitrogens with two attached hydrogens (primary N) is 1. The minimum atomic E-state index is -0.0616. The van der Waals surface area contributed by atoms with E-state index < -0.39 is 0 Å². The molecule has 2 atom stereocenters. The van der Waals surface area contributed by atoms with E-state index in [4.69, 9.17) is 38.6 Å². The minimum Gasteiger partial charge on any atom is -0.386 e. The molecule has 0 saturated carbocycles. The van der Waals surface area contributed by atoms with E-state index in [1.165, 1.54) is 51.9 Å². The largest absolute Gasteiger partial charge is 0.386 e. The Morgan fingerprint density at radius 3 is 1.95 bits per heavy atom. The van der Waals surface area contributed by atoms with Crippen LogP contribution in [0, 0.1) is 11.8 Å². The van der Waals surface area contributed by atoms with Crippen LogP contribution < -0.4 is 11.2 Å². The molecular formula is C30H38BrCl3N6O2. The van der Waals surface area contributed by atoms with Crippen LogP contribution in [0.2, 0.25) is 10.0 Å². The molecule has 8 aliphatic heterocycles. The molecule has 0 aromatic heterocycles. The second-order valence-corrected chi connectivity index (χ2v) is 13.7. The number of amidine groups is 2. The average molecular weight is 701 g/mol. The lowest BCUT2D eigenvalue weighted by Gasteiger charge is -2.49. The maximum absolute atomic E-state index is 6.00. The van der Waals surface area contributed by atoms with Crippen molar-refractivity contribution in [2.24, 2.45) is 27.7 Å². The molecule has 10 rings (SSSR count). The normalized spacial score (nSPS) is 34.5. The summed E-state index contributed by atoms with van der Waals surface area (Å²) in [6.07, 6.45) is 6.71. The first-order valence-corrected chi connectivity index (χ1v) is 16.0. The number of nitrogens with zero attached hydrogens (tertiary/aromatic N) is 4. The lowest BCUT2D eigenvalue weighted by Crippen LogP contribution is -2.59. The smallest absolute Gasteiger partial charge is 0.160 e. The van der Waals surface area contributed by atoms with Crippen molar-refractivity contribution in [2.45, 2.75) is 49.7 Å². The SMILES string of the molecule is Cl.Clc1cccc(Br)c1.Clc1cccc(N=C2C[C@@]3(CN4CCC3CC4)ON2)c1.NC1=NO[C@@]2(C1)CN1CCC2CC1. The summed E-state index contributed by atoms with van der Waals surface area (Å²) in [6.45, 7) is 6.96. The highest BCUT2D eigenvalue weighted by Crippen LogP contribution is 2.43. The molecule has 42 heavy (non-hydrogen) atoms. The van der Waals surface area contributed by atoms with Crippen LogP contribution in [0.1, 0.15) is 38.5 Å². The lowest BCUT2D eigenvalue weighted by molar-refractivity contribution is -0.150. The van der Waals surface area contributed by atoms with Crippen LogP contribution in [0.3, 0.4) is 0 Å². The molecule has 0 amide bonds. The maximum atomic E-state index is 6.00. The summed E-state index contributed by atoms with van der Waals surface area (Å²) in [6, 6.07) is 15.1. The van der Waals surface area contributed by atoms with Crippen molar-refractivity contribution in [1.29, 1.82) is 0 Å². The second kappa shape index (κ2) is 13.6. The van der Waals surface area contributed by atoms with Crippen LogP contribution >= 0.6 is 51.5 Å². The Labute approximate surface area is 272 Å². The summed E-state index contributed by atoms with van der Waals surface area (Å²) < 4.78 is 1.02. The summed E-state index contributed by atoms with van der Waals surface area (Å²) in [4.78, 5) is 21.1. The van der Waals surface area contributed by atoms with Crippen molar-refractivity contribution in [3.63, 3.8) is 0 Å². The maximum Gasteiger partial charge on any atom is 0.160 e. The summed E-state index contributed by atoms with van der Waals surface area (Å²) in [7, 11) is 0. The molecule has 0 unspecified atom stereocenters. The van der Waals surface area contributed by atoms with Crippen LogP contribution in [-0.2, 0) is 9.68 Å². The number of aliphatic imine (C=N–C) groups is 1. The molecule has 8 aliphatic rings. The van der Waals surface area contributed by atoms with E-state index in [1.54, 1.807) is 0 Å². The number of halogens is 4. The molecule has 7 saturated heterocycles. The fraction of sp³-hybridized carbons (Fsp3) is 0.533. The summed E-state index contributed by atoms with van der Waals surface area (Å²) in [5, 5.41) is 5.37. The van der Waals surface area contributed by atoms with Crippen molar-refractivity contribution in [2.75, 3.05) is 39.3 Å². The molecule has 2 aromatic rings. The highest BCUT2D eigenvalue weighted by atomic mass is 79.9. The van der Waals surface area contributed by atoms with Gasteiger partial charge in [-0.1, -0.05) is 56.4 Å². The van der Waals surface area contributed by atoms with Crippen molar-refractivity contribution in [3.05, 3.63) is 63.0 Å². The molecule has 3 N–H and O–H groups in total. The Morgan fingerprint density at radius 2 is 1.48 bits per heavy atom. The Bertz CT molecular complexity index is 1280. The third-order valence-corrected chi connectivity index (χ3v) is 10.1. The zero-order valence-electron chi connectivity index (χ0n) is 23.5. The van der Waals surface area contributed by atoms with Gasteiger partial charge in [0.15, 0.2) is 5.60 Å². The zero-order chi connectivity index (χ0) is 28.5. The molecule has 0 aliphatic carbocycles. The molecule has 2 spiro atoms. The van der Waals surface area contributed by atoms with Gasteiger partial charge >= 0.3 is 0 Å². The van der Waals surface area contributed by atoms with Crippen molar-refractivity contribution < 1.29 is 9.68 Å². The van der Waals surface area contributed by atoms with Gasteiger partial charge in [0, 0.05) is 39.9 Å². The quantitative estimate of drug-likeness (QED) is 0.357.